The number of carbonyl (C=O) groups is 3. The van der Waals surface area contributed by atoms with Crippen LogP contribution < -0.4 is 15.8 Å². The van der Waals surface area contributed by atoms with Gasteiger partial charge in [-0.15, -0.1) is 0 Å². The summed E-state index contributed by atoms with van der Waals surface area (Å²) < 4.78 is 10.8. The van der Waals surface area contributed by atoms with E-state index < -0.39 is 6.04 Å². The third-order valence-corrected chi connectivity index (χ3v) is 8.69. The highest BCUT2D eigenvalue weighted by molar-refractivity contribution is 5.98. The minimum atomic E-state index is -0.637. The molecule has 2 saturated carbocycles. The van der Waals surface area contributed by atoms with Crippen molar-refractivity contribution in [3.8, 4) is 5.75 Å². The normalized spacial score (nSPS) is 27.7. The average molecular weight is 542 g/mol. The number of methoxy groups -OCH3 is 1. The van der Waals surface area contributed by atoms with Gasteiger partial charge in [0.25, 0.3) is 5.91 Å². The Kier molecular flexibility index (Phi) is 9.04. The van der Waals surface area contributed by atoms with Crippen LogP contribution in [-0.2, 0) is 14.3 Å². The summed E-state index contributed by atoms with van der Waals surface area (Å²) in [5, 5.41) is 3.21. The molecule has 10 heteroatoms. The monoisotopic (exact) mass is 541 g/mol. The Morgan fingerprint density at radius 3 is 2.54 bits per heavy atom. The van der Waals surface area contributed by atoms with E-state index in [1.807, 2.05) is 4.90 Å². The lowest BCUT2D eigenvalue weighted by atomic mass is 9.91. The molecule has 2 heterocycles. The second-order valence-corrected chi connectivity index (χ2v) is 11.5. The fourth-order valence-corrected chi connectivity index (χ4v) is 6.11. The second-order valence-electron chi connectivity index (χ2n) is 11.5. The van der Waals surface area contributed by atoms with E-state index in [0.717, 1.165) is 58.2 Å². The zero-order valence-corrected chi connectivity index (χ0v) is 23.1. The maximum atomic E-state index is 13.8. The molecule has 4 aliphatic rings. The van der Waals surface area contributed by atoms with Gasteiger partial charge in [-0.05, 0) is 63.1 Å². The number of hydrogen-bond donors (Lipinski definition) is 2. The van der Waals surface area contributed by atoms with Crippen molar-refractivity contribution in [2.75, 3.05) is 53.0 Å². The highest BCUT2D eigenvalue weighted by Gasteiger charge is 2.46. The van der Waals surface area contributed by atoms with E-state index in [2.05, 4.69) is 10.2 Å². The lowest BCUT2D eigenvalue weighted by Gasteiger charge is -2.33. The number of amides is 3. The van der Waals surface area contributed by atoms with Crippen LogP contribution in [0.3, 0.4) is 0 Å². The van der Waals surface area contributed by atoms with E-state index in [1.165, 1.54) is 0 Å². The first-order valence-electron chi connectivity index (χ1n) is 14.5. The summed E-state index contributed by atoms with van der Waals surface area (Å²) in [4.78, 5) is 46.9. The summed E-state index contributed by atoms with van der Waals surface area (Å²) in [6, 6.07) is 6.45. The van der Waals surface area contributed by atoms with Gasteiger partial charge in [0, 0.05) is 56.3 Å². The maximum absolute atomic E-state index is 13.8. The molecule has 0 spiro atoms. The van der Waals surface area contributed by atoms with Crippen LogP contribution in [0.25, 0.3) is 0 Å². The zero-order chi connectivity index (χ0) is 27.4. The summed E-state index contributed by atoms with van der Waals surface area (Å²) in [5.41, 5.74) is 6.54. The van der Waals surface area contributed by atoms with Crippen LogP contribution >= 0.6 is 0 Å². The molecule has 2 atom stereocenters. The molecule has 2 saturated heterocycles. The molecule has 214 valence electrons. The highest BCUT2D eigenvalue weighted by atomic mass is 16.5. The molecule has 1 aromatic rings. The molecule has 39 heavy (non-hydrogen) atoms. The van der Waals surface area contributed by atoms with E-state index in [4.69, 9.17) is 15.2 Å². The van der Waals surface area contributed by atoms with E-state index in [-0.39, 0.29) is 41.8 Å². The summed E-state index contributed by atoms with van der Waals surface area (Å²) in [6.07, 6.45) is 5.73. The number of benzene rings is 1. The Labute approximate surface area is 231 Å². The molecule has 1 aromatic carbocycles. The van der Waals surface area contributed by atoms with Gasteiger partial charge >= 0.3 is 0 Å². The molecule has 0 radical (unpaired) electrons. The number of nitrogens with zero attached hydrogens (tertiary/aromatic N) is 3. The van der Waals surface area contributed by atoms with Crippen molar-refractivity contribution in [3.63, 3.8) is 0 Å². The minimum Gasteiger partial charge on any atom is -0.497 e. The van der Waals surface area contributed by atoms with Gasteiger partial charge in [-0.1, -0.05) is 6.07 Å². The van der Waals surface area contributed by atoms with Crippen LogP contribution in [0.5, 0.6) is 5.75 Å². The quantitative estimate of drug-likeness (QED) is 0.483. The van der Waals surface area contributed by atoms with Gasteiger partial charge in [0.1, 0.15) is 11.8 Å². The maximum Gasteiger partial charge on any atom is 0.254 e. The topological polar surface area (TPSA) is 117 Å². The van der Waals surface area contributed by atoms with Crippen molar-refractivity contribution in [1.82, 2.24) is 20.0 Å². The van der Waals surface area contributed by atoms with Crippen LogP contribution in [-0.4, -0.2) is 110 Å². The predicted molar refractivity (Wildman–Crippen MR) is 146 cm³/mol. The molecule has 2 unspecified atom stereocenters. The summed E-state index contributed by atoms with van der Waals surface area (Å²) in [6.45, 7) is 4.82. The van der Waals surface area contributed by atoms with Crippen LogP contribution in [0.4, 0.5) is 0 Å². The van der Waals surface area contributed by atoms with Crippen molar-refractivity contribution in [2.24, 2.45) is 11.7 Å². The van der Waals surface area contributed by atoms with Gasteiger partial charge in [-0.25, -0.2) is 0 Å². The van der Waals surface area contributed by atoms with E-state index in [9.17, 15) is 14.4 Å². The number of carbonyl (C=O) groups excluding carboxylic acids is 3. The first-order chi connectivity index (χ1) is 18.9. The lowest BCUT2D eigenvalue weighted by Crippen LogP contribution is -2.50. The third-order valence-electron chi connectivity index (χ3n) is 8.69. The number of rotatable bonds is 9. The lowest BCUT2D eigenvalue weighted by molar-refractivity contribution is -0.135. The summed E-state index contributed by atoms with van der Waals surface area (Å²) in [7, 11) is 1.57. The Morgan fingerprint density at radius 1 is 1.10 bits per heavy atom. The van der Waals surface area contributed by atoms with Crippen molar-refractivity contribution < 1.29 is 23.9 Å². The van der Waals surface area contributed by atoms with Crippen LogP contribution in [0.15, 0.2) is 24.3 Å². The van der Waals surface area contributed by atoms with Gasteiger partial charge in [0.2, 0.25) is 11.8 Å². The standard InChI is InChI=1S/C29H43N5O5/c1-38-25-4-2-3-21(17-25)29(37)34-19-24(18-26(34)27(35)31-23-9-7-22(30)8-10-23)33(28(36)20-5-6-20)12-11-32-13-15-39-16-14-32/h2-4,17,20,22-24,26H,5-16,18-19,30H2,1H3,(H,31,35). The van der Waals surface area contributed by atoms with Gasteiger partial charge in [0.05, 0.1) is 26.4 Å². The fourth-order valence-electron chi connectivity index (χ4n) is 6.11. The van der Waals surface area contributed by atoms with Crippen LogP contribution in [0.1, 0.15) is 55.3 Å². The van der Waals surface area contributed by atoms with Crippen LogP contribution in [0.2, 0.25) is 0 Å². The van der Waals surface area contributed by atoms with Gasteiger partial charge in [-0.2, -0.15) is 0 Å². The Morgan fingerprint density at radius 2 is 1.85 bits per heavy atom. The highest BCUT2D eigenvalue weighted by Crippen LogP contribution is 2.34. The SMILES string of the molecule is COc1cccc(C(=O)N2CC(N(CCN3CCOCC3)C(=O)C3CC3)CC2C(=O)NC2CCC(N)CC2)c1. The smallest absolute Gasteiger partial charge is 0.254 e. The van der Waals surface area contributed by atoms with Gasteiger partial charge in [-0.3, -0.25) is 19.3 Å². The van der Waals surface area contributed by atoms with Gasteiger partial charge < -0.3 is 30.3 Å². The number of ether oxygens (including phenoxy) is 2. The van der Waals surface area contributed by atoms with Crippen molar-refractivity contribution in [2.45, 2.75) is 69.1 Å². The van der Waals surface area contributed by atoms with Crippen LogP contribution in [0, 0.1) is 5.92 Å². The predicted octanol–water partition coefficient (Wildman–Crippen LogP) is 1.24. The number of likely N-dealkylation sites (tertiary alicyclic amines) is 1. The van der Waals surface area contributed by atoms with Crippen molar-refractivity contribution in [3.05, 3.63) is 29.8 Å². The largest absolute Gasteiger partial charge is 0.497 e. The van der Waals surface area contributed by atoms with E-state index in [1.54, 1.807) is 36.3 Å². The number of nitrogens with one attached hydrogen (secondary N) is 1. The number of hydrogen-bond acceptors (Lipinski definition) is 7. The second kappa shape index (κ2) is 12.7. The summed E-state index contributed by atoms with van der Waals surface area (Å²) in [5.74, 6) is 0.462. The average Bonchev–Trinajstić information content (AvgIpc) is 3.73. The summed E-state index contributed by atoms with van der Waals surface area (Å²) >= 11 is 0. The molecular formula is C29H43N5O5. The molecule has 3 amide bonds. The molecule has 3 N–H and O–H groups in total. The van der Waals surface area contributed by atoms with Gasteiger partial charge in [0.15, 0.2) is 0 Å². The Bertz CT molecular complexity index is 1020. The fraction of sp³-hybridized carbons (Fsp3) is 0.690. The Balaban J connectivity index is 1.34. The molecule has 0 bridgehead atoms. The first-order valence-corrected chi connectivity index (χ1v) is 14.5. The first kappa shape index (κ1) is 27.9. The molecule has 5 rings (SSSR count). The number of morpholine rings is 1. The molecule has 4 fully saturated rings. The Hall–Kier alpha value is -2.69. The minimum absolute atomic E-state index is 0.0654. The van der Waals surface area contributed by atoms with Crippen molar-refractivity contribution in [1.29, 1.82) is 0 Å². The van der Waals surface area contributed by atoms with Crippen molar-refractivity contribution >= 4 is 17.7 Å². The zero-order valence-electron chi connectivity index (χ0n) is 23.1. The number of nitrogens with two attached hydrogens (primary N) is 1. The molecule has 2 aliphatic carbocycles. The third kappa shape index (κ3) is 6.91. The molecule has 10 nitrogen and oxygen atoms in total. The molecular weight excluding hydrogens is 498 g/mol. The molecule has 2 aliphatic heterocycles. The van der Waals surface area contributed by atoms with E-state index in [0.29, 0.717) is 44.0 Å². The van der Waals surface area contributed by atoms with E-state index >= 15 is 0 Å². The molecule has 0 aromatic heterocycles.